The molecule has 0 amide bonds. The lowest BCUT2D eigenvalue weighted by Crippen LogP contribution is -2.13. The number of ether oxygens (including phenoxy) is 1. The lowest BCUT2D eigenvalue weighted by Gasteiger charge is -2.19. The Kier molecular flexibility index (Phi) is 6.38. The maximum atomic E-state index is 6.09. The van der Waals surface area contributed by atoms with E-state index in [1.807, 2.05) is 6.07 Å². The molecular formula is C21H27NOS. The summed E-state index contributed by atoms with van der Waals surface area (Å²) in [6, 6.07) is 12.6. The van der Waals surface area contributed by atoms with Crippen LogP contribution in [0.2, 0.25) is 0 Å². The van der Waals surface area contributed by atoms with Crippen LogP contribution in [-0.4, -0.2) is 4.99 Å². The maximum Gasteiger partial charge on any atom is 0.122 e. The molecule has 0 saturated carbocycles. The number of aryl methyl sites for hydroxylation is 2. The predicted octanol–water partition coefficient (Wildman–Crippen LogP) is 6.16. The van der Waals surface area contributed by atoms with Crippen molar-refractivity contribution in [1.82, 2.24) is 0 Å². The number of para-hydroxylation sites is 1. The summed E-state index contributed by atoms with van der Waals surface area (Å²) in [6.07, 6.45) is 0.832. The molecule has 1 N–H and O–H groups in total. The highest BCUT2D eigenvalue weighted by molar-refractivity contribution is 7.80. The highest BCUT2D eigenvalue weighted by Gasteiger charge is 2.13. The Bertz CT molecular complexity index is 722. The number of hydrogen-bond acceptors (Lipinski definition) is 2. The first-order valence-corrected chi connectivity index (χ1v) is 8.94. The van der Waals surface area contributed by atoms with E-state index in [1.54, 1.807) is 0 Å². The standard InChI is InChI=1S/C21H27NOS/c1-6-20(24)22-21-17(8-7-9-18(21)14(2)3)13-23-19-11-10-15(4)12-16(19)5/h7-12,14H,6,13H2,1-5H3,(H,22,24). The molecule has 0 spiro atoms. The average molecular weight is 342 g/mol. The van der Waals surface area contributed by atoms with Crippen molar-refractivity contribution in [2.75, 3.05) is 5.32 Å². The van der Waals surface area contributed by atoms with E-state index in [4.69, 9.17) is 17.0 Å². The smallest absolute Gasteiger partial charge is 0.122 e. The van der Waals surface area contributed by atoms with Crippen molar-refractivity contribution >= 4 is 22.9 Å². The zero-order chi connectivity index (χ0) is 17.7. The Morgan fingerprint density at radius 3 is 2.54 bits per heavy atom. The van der Waals surface area contributed by atoms with Gasteiger partial charge in [0.1, 0.15) is 12.4 Å². The molecule has 0 radical (unpaired) electrons. The quantitative estimate of drug-likeness (QED) is 0.636. The van der Waals surface area contributed by atoms with E-state index in [1.165, 1.54) is 11.1 Å². The molecule has 2 aromatic rings. The first-order chi connectivity index (χ1) is 11.4. The van der Waals surface area contributed by atoms with Crippen molar-refractivity contribution < 1.29 is 4.74 Å². The first-order valence-electron chi connectivity index (χ1n) is 8.54. The summed E-state index contributed by atoms with van der Waals surface area (Å²) >= 11 is 5.40. The van der Waals surface area contributed by atoms with Gasteiger partial charge in [-0.05, 0) is 43.4 Å². The molecule has 0 heterocycles. The van der Waals surface area contributed by atoms with E-state index in [0.717, 1.165) is 34.0 Å². The summed E-state index contributed by atoms with van der Waals surface area (Å²) in [7, 11) is 0. The van der Waals surface area contributed by atoms with E-state index < -0.39 is 0 Å². The van der Waals surface area contributed by atoms with Gasteiger partial charge in [0.05, 0.1) is 4.99 Å². The number of benzene rings is 2. The van der Waals surface area contributed by atoms with Crippen LogP contribution in [0.15, 0.2) is 36.4 Å². The number of rotatable bonds is 6. The minimum atomic E-state index is 0.424. The third-order valence-electron chi connectivity index (χ3n) is 4.10. The molecule has 2 nitrogen and oxygen atoms in total. The van der Waals surface area contributed by atoms with Gasteiger partial charge in [0, 0.05) is 11.3 Å². The highest BCUT2D eigenvalue weighted by Crippen LogP contribution is 2.30. The van der Waals surface area contributed by atoms with Gasteiger partial charge < -0.3 is 10.1 Å². The summed E-state index contributed by atoms with van der Waals surface area (Å²) in [5.41, 5.74) is 5.92. The predicted molar refractivity (Wildman–Crippen MR) is 107 cm³/mol. The van der Waals surface area contributed by atoms with Gasteiger partial charge >= 0.3 is 0 Å². The molecule has 0 aliphatic rings. The summed E-state index contributed by atoms with van der Waals surface area (Å²) in [5.74, 6) is 1.35. The molecular weight excluding hydrogens is 314 g/mol. The van der Waals surface area contributed by atoms with Crippen molar-refractivity contribution in [3.8, 4) is 5.75 Å². The topological polar surface area (TPSA) is 21.3 Å². The molecule has 0 aromatic heterocycles. The molecule has 0 fully saturated rings. The summed E-state index contributed by atoms with van der Waals surface area (Å²) in [6.45, 7) is 11.2. The van der Waals surface area contributed by atoms with Crippen LogP contribution in [0, 0.1) is 13.8 Å². The van der Waals surface area contributed by atoms with Gasteiger partial charge in [-0.3, -0.25) is 0 Å². The van der Waals surface area contributed by atoms with Gasteiger partial charge in [0.15, 0.2) is 0 Å². The third kappa shape index (κ3) is 4.57. The van der Waals surface area contributed by atoms with Crippen molar-refractivity contribution in [3.63, 3.8) is 0 Å². The summed E-state index contributed by atoms with van der Waals surface area (Å²) in [5, 5.41) is 3.42. The Hall–Kier alpha value is -1.87. The van der Waals surface area contributed by atoms with E-state index in [2.05, 4.69) is 70.3 Å². The van der Waals surface area contributed by atoms with Crippen molar-refractivity contribution in [2.24, 2.45) is 0 Å². The molecule has 0 aliphatic carbocycles. The highest BCUT2D eigenvalue weighted by atomic mass is 32.1. The second-order valence-electron chi connectivity index (χ2n) is 6.50. The van der Waals surface area contributed by atoms with Crippen LogP contribution in [0.25, 0.3) is 0 Å². The summed E-state index contributed by atoms with van der Waals surface area (Å²) in [4.78, 5) is 0.857. The molecule has 3 heteroatoms. The maximum absolute atomic E-state index is 6.09. The molecule has 2 rings (SSSR count). The zero-order valence-electron chi connectivity index (χ0n) is 15.3. The molecule has 0 saturated heterocycles. The number of anilines is 1. The van der Waals surface area contributed by atoms with E-state index >= 15 is 0 Å². The molecule has 0 unspecified atom stereocenters. The fourth-order valence-electron chi connectivity index (χ4n) is 2.72. The number of thiocarbonyl (C=S) groups is 1. The van der Waals surface area contributed by atoms with Crippen molar-refractivity contribution in [3.05, 3.63) is 58.7 Å². The average Bonchev–Trinajstić information content (AvgIpc) is 2.54. The summed E-state index contributed by atoms with van der Waals surface area (Å²) < 4.78 is 6.09. The van der Waals surface area contributed by atoms with E-state index in [9.17, 15) is 0 Å². The SMILES string of the molecule is CCC(=S)Nc1c(COc2ccc(C)cc2C)cccc1C(C)C. The normalized spacial score (nSPS) is 10.8. The molecule has 0 atom stereocenters. The molecule has 2 aromatic carbocycles. The van der Waals surface area contributed by atoms with Gasteiger partial charge in [-0.25, -0.2) is 0 Å². The Labute approximate surface area is 151 Å². The zero-order valence-corrected chi connectivity index (χ0v) is 16.1. The molecule has 24 heavy (non-hydrogen) atoms. The fourth-order valence-corrected chi connectivity index (χ4v) is 2.82. The van der Waals surface area contributed by atoms with Crippen LogP contribution < -0.4 is 10.1 Å². The van der Waals surface area contributed by atoms with Crippen LogP contribution >= 0.6 is 12.2 Å². The minimum Gasteiger partial charge on any atom is -0.489 e. The lowest BCUT2D eigenvalue weighted by atomic mass is 9.97. The number of hydrogen-bond donors (Lipinski definition) is 1. The van der Waals surface area contributed by atoms with E-state index in [-0.39, 0.29) is 0 Å². The van der Waals surface area contributed by atoms with Gasteiger partial charge in [-0.1, -0.05) is 68.9 Å². The Morgan fingerprint density at radius 1 is 1.17 bits per heavy atom. The Balaban J connectivity index is 2.28. The largest absolute Gasteiger partial charge is 0.489 e. The number of nitrogens with one attached hydrogen (secondary N) is 1. The lowest BCUT2D eigenvalue weighted by molar-refractivity contribution is 0.304. The molecule has 0 bridgehead atoms. The van der Waals surface area contributed by atoms with Gasteiger partial charge in [-0.2, -0.15) is 0 Å². The monoisotopic (exact) mass is 341 g/mol. The van der Waals surface area contributed by atoms with Crippen LogP contribution in [-0.2, 0) is 6.61 Å². The van der Waals surface area contributed by atoms with Crippen LogP contribution in [0.5, 0.6) is 5.75 Å². The second kappa shape index (κ2) is 8.29. The molecule has 128 valence electrons. The Morgan fingerprint density at radius 2 is 1.92 bits per heavy atom. The first kappa shape index (κ1) is 18.5. The van der Waals surface area contributed by atoms with Crippen LogP contribution in [0.4, 0.5) is 5.69 Å². The van der Waals surface area contributed by atoms with Crippen LogP contribution in [0.3, 0.4) is 0 Å². The van der Waals surface area contributed by atoms with Gasteiger partial charge in [-0.15, -0.1) is 0 Å². The van der Waals surface area contributed by atoms with Gasteiger partial charge in [0.25, 0.3) is 0 Å². The third-order valence-corrected chi connectivity index (χ3v) is 4.49. The van der Waals surface area contributed by atoms with E-state index in [0.29, 0.717) is 12.5 Å². The van der Waals surface area contributed by atoms with Gasteiger partial charge in [0.2, 0.25) is 0 Å². The van der Waals surface area contributed by atoms with Crippen molar-refractivity contribution in [1.29, 1.82) is 0 Å². The van der Waals surface area contributed by atoms with Crippen molar-refractivity contribution in [2.45, 2.75) is 53.6 Å². The second-order valence-corrected chi connectivity index (χ2v) is 6.99. The minimum absolute atomic E-state index is 0.424. The van der Waals surface area contributed by atoms with Crippen LogP contribution in [0.1, 0.15) is 55.4 Å². The molecule has 0 aliphatic heterocycles. The fraction of sp³-hybridized carbons (Fsp3) is 0.381.